The van der Waals surface area contributed by atoms with Gasteiger partial charge in [0.1, 0.15) is 0 Å². The SMILES string of the molecule is C=CCNc1ccc(Nc2ccc(NCC=C)cc2)cc1. The molecule has 0 aliphatic carbocycles. The highest BCUT2D eigenvalue weighted by Crippen LogP contribution is 2.20. The summed E-state index contributed by atoms with van der Waals surface area (Å²) in [5.74, 6) is 0. The fourth-order valence-electron chi connectivity index (χ4n) is 1.89. The zero-order chi connectivity index (χ0) is 14.9. The van der Waals surface area contributed by atoms with Crippen molar-refractivity contribution in [2.45, 2.75) is 0 Å². The van der Waals surface area contributed by atoms with E-state index in [0.29, 0.717) is 0 Å². The topological polar surface area (TPSA) is 36.1 Å². The molecular weight excluding hydrogens is 258 g/mol. The van der Waals surface area contributed by atoms with Crippen LogP contribution in [0.15, 0.2) is 73.8 Å². The molecule has 0 aliphatic rings. The number of hydrogen-bond acceptors (Lipinski definition) is 3. The van der Waals surface area contributed by atoms with E-state index in [1.54, 1.807) is 0 Å². The lowest BCUT2D eigenvalue weighted by Crippen LogP contribution is -1.98. The first-order valence-electron chi connectivity index (χ1n) is 6.98. The minimum absolute atomic E-state index is 0.770. The molecule has 21 heavy (non-hydrogen) atoms. The van der Waals surface area contributed by atoms with Crippen LogP contribution in [0.1, 0.15) is 0 Å². The van der Waals surface area contributed by atoms with Crippen molar-refractivity contribution in [2.24, 2.45) is 0 Å². The van der Waals surface area contributed by atoms with Crippen LogP contribution in [0.3, 0.4) is 0 Å². The second-order valence-corrected chi connectivity index (χ2v) is 4.62. The van der Waals surface area contributed by atoms with E-state index in [1.807, 2.05) is 36.4 Å². The van der Waals surface area contributed by atoms with Crippen molar-refractivity contribution in [1.29, 1.82) is 0 Å². The van der Waals surface area contributed by atoms with Crippen molar-refractivity contribution in [3.8, 4) is 0 Å². The predicted molar refractivity (Wildman–Crippen MR) is 93.5 cm³/mol. The fourth-order valence-corrected chi connectivity index (χ4v) is 1.89. The first-order valence-corrected chi connectivity index (χ1v) is 6.98. The van der Waals surface area contributed by atoms with Gasteiger partial charge in [-0.25, -0.2) is 0 Å². The van der Waals surface area contributed by atoms with E-state index in [0.717, 1.165) is 35.8 Å². The van der Waals surface area contributed by atoms with E-state index < -0.39 is 0 Å². The van der Waals surface area contributed by atoms with E-state index in [4.69, 9.17) is 0 Å². The third kappa shape index (κ3) is 4.73. The molecule has 3 nitrogen and oxygen atoms in total. The zero-order valence-corrected chi connectivity index (χ0v) is 12.1. The quantitative estimate of drug-likeness (QED) is 0.617. The summed E-state index contributed by atoms with van der Waals surface area (Å²) >= 11 is 0. The maximum absolute atomic E-state index is 3.69. The summed E-state index contributed by atoms with van der Waals surface area (Å²) < 4.78 is 0. The molecule has 0 saturated heterocycles. The summed E-state index contributed by atoms with van der Waals surface area (Å²) in [7, 11) is 0. The van der Waals surface area contributed by atoms with Crippen LogP contribution in [0.5, 0.6) is 0 Å². The Bertz CT molecular complexity index is 517. The Hall–Kier alpha value is -2.68. The standard InChI is InChI=1S/C18H21N3/c1-3-13-19-15-5-9-17(10-6-15)21-18-11-7-16(8-12-18)20-14-4-2/h3-12,19-21H,1-2,13-14H2. The van der Waals surface area contributed by atoms with Crippen LogP contribution in [0.4, 0.5) is 22.7 Å². The lowest BCUT2D eigenvalue weighted by atomic mass is 10.2. The second-order valence-electron chi connectivity index (χ2n) is 4.62. The number of hydrogen-bond donors (Lipinski definition) is 3. The van der Waals surface area contributed by atoms with Crippen LogP contribution in [0.25, 0.3) is 0 Å². The van der Waals surface area contributed by atoms with E-state index >= 15 is 0 Å². The van der Waals surface area contributed by atoms with Gasteiger partial charge < -0.3 is 16.0 Å². The van der Waals surface area contributed by atoms with Gasteiger partial charge in [-0.1, -0.05) is 12.2 Å². The summed E-state index contributed by atoms with van der Waals surface area (Å²) in [4.78, 5) is 0. The van der Waals surface area contributed by atoms with Crippen LogP contribution >= 0.6 is 0 Å². The minimum Gasteiger partial charge on any atom is -0.382 e. The van der Waals surface area contributed by atoms with Crippen LogP contribution in [0.2, 0.25) is 0 Å². The van der Waals surface area contributed by atoms with E-state index in [-0.39, 0.29) is 0 Å². The fraction of sp³-hybridized carbons (Fsp3) is 0.111. The molecule has 3 N–H and O–H groups in total. The molecular formula is C18H21N3. The molecule has 0 heterocycles. The zero-order valence-electron chi connectivity index (χ0n) is 12.1. The minimum atomic E-state index is 0.770. The first kappa shape index (κ1) is 14.7. The Morgan fingerprint density at radius 1 is 0.619 bits per heavy atom. The van der Waals surface area contributed by atoms with Crippen LogP contribution in [-0.2, 0) is 0 Å². The highest BCUT2D eigenvalue weighted by Gasteiger charge is 1.96. The number of nitrogens with one attached hydrogen (secondary N) is 3. The average molecular weight is 279 g/mol. The monoisotopic (exact) mass is 279 g/mol. The van der Waals surface area contributed by atoms with Gasteiger partial charge in [-0.15, -0.1) is 13.2 Å². The van der Waals surface area contributed by atoms with Gasteiger partial charge in [-0.05, 0) is 48.5 Å². The summed E-state index contributed by atoms with van der Waals surface area (Å²) in [5, 5.41) is 9.88. The Balaban J connectivity index is 1.94. The van der Waals surface area contributed by atoms with Gasteiger partial charge in [0.05, 0.1) is 0 Å². The summed E-state index contributed by atoms with van der Waals surface area (Å²) in [6.07, 6.45) is 3.68. The molecule has 0 unspecified atom stereocenters. The first-order chi connectivity index (χ1) is 10.3. The molecule has 0 atom stereocenters. The van der Waals surface area contributed by atoms with Crippen LogP contribution < -0.4 is 16.0 Å². The third-order valence-electron chi connectivity index (χ3n) is 2.96. The van der Waals surface area contributed by atoms with Gasteiger partial charge in [-0.2, -0.15) is 0 Å². The third-order valence-corrected chi connectivity index (χ3v) is 2.96. The molecule has 0 saturated carbocycles. The van der Waals surface area contributed by atoms with Gasteiger partial charge >= 0.3 is 0 Å². The molecule has 0 aliphatic heterocycles. The summed E-state index contributed by atoms with van der Waals surface area (Å²) in [5.41, 5.74) is 4.30. The Labute approximate surface area is 126 Å². The van der Waals surface area contributed by atoms with Crippen molar-refractivity contribution in [2.75, 3.05) is 29.0 Å². The Morgan fingerprint density at radius 3 is 1.29 bits per heavy atom. The molecule has 0 spiro atoms. The molecule has 2 rings (SSSR count). The predicted octanol–water partition coefficient (Wildman–Crippen LogP) is 4.63. The molecule has 3 heteroatoms. The van der Waals surface area contributed by atoms with Crippen LogP contribution in [0, 0.1) is 0 Å². The molecule has 0 aromatic heterocycles. The smallest absolute Gasteiger partial charge is 0.0385 e. The van der Waals surface area contributed by atoms with Crippen LogP contribution in [-0.4, -0.2) is 13.1 Å². The van der Waals surface area contributed by atoms with Crippen molar-refractivity contribution in [3.63, 3.8) is 0 Å². The summed E-state index contributed by atoms with van der Waals surface area (Å²) in [6.45, 7) is 8.92. The largest absolute Gasteiger partial charge is 0.382 e. The Kier molecular flexibility index (Phi) is 5.47. The second kappa shape index (κ2) is 7.80. The van der Waals surface area contributed by atoms with Gasteiger partial charge in [0.2, 0.25) is 0 Å². The molecule has 0 amide bonds. The maximum atomic E-state index is 3.69. The molecule has 2 aromatic rings. The normalized spacial score (nSPS) is 9.71. The molecule has 0 fully saturated rings. The van der Waals surface area contributed by atoms with Crippen molar-refractivity contribution >= 4 is 22.7 Å². The average Bonchev–Trinajstić information content (AvgIpc) is 2.53. The molecule has 108 valence electrons. The van der Waals surface area contributed by atoms with Gasteiger partial charge in [0.15, 0.2) is 0 Å². The van der Waals surface area contributed by atoms with Gasteiger partial charge in [0.25, 0.3) is 0 Å². The Morgan fingerprint density at radius 2 is 0.952 bits per heavy atom. The highest BCUT2D eigenvalue weighted by atomic mass is 14.9. The van der Waals surface area contributed by atoms with E-state index in [1.165, 1.54) is 0 Å². The lowest BCUT2D eigenvalue weighted by molar-refractivity contribution is 1.34. The maximum Gasteiger partial charge on any atom is 0.0385 e. The number of rotatable bonds is 8. The van der Waals surface area contributed by atoms with Crippen molar-refractivity contribution in [1.82, 2.24) is 0 Å². The van der Waals surface area contributed by atoms with Crippen molar-refractivity contribution in [3.05, 3.63) is 73.8 Å². The summed E-state index contributed by atoms with van der Waals surface area (Å²) in [6, 6.07) is 16.4. The molecule has 0 radical (unpaired) electrons. The molecule has 2 aromatic carbocycles. The van der Waals surface area contributed by atoms with E-state index in [9.17, 15) is 0 Å². The van der Waals surface area contributed by atoms with Gasteiger partial charge in [-0.3, -0.25) is 0 Å². The van der Waals surface area contributed by atoms with Gasteiger partial charge in [0, 0.05) is 35.8 Å². The van der Waals surface area contributed by atoms with Crippen molar-refractivity contribution < 1.29 is 0 Å². The molecule has 0 bridgehead atoms. The number of benzene rings is 2. The lowest BCUT2D eigenvalue weighted by Gasteiger charge is -2.09. The number of anilines is 4. The van der Waals surface area contributed by atoms with E-state index in [2.05, 4.69) is 53.4 Å². The highest BCUT2D eigenvalue weighted by molar-refractivity contribution is 5.64.